The van der Waals surface area contributed by atoms with Crippen LogP contribution in [0.4, 0.5) is 0 Å². The lowest BCUT2D eigenvalue weighted by Gasteiger charge is -2.34. The van der Waals surface area contributed by atoms with Crippen LogP contribution >= 0.6 is 0 Å². The fourth-order valence-electron chi connectivity index (χ4n) is 4.66. The molecule has 0 spiro atoms. The highest BCUT2D eigenvalue weighted by Gasteiger charge is 2.37. The summed E-state index contributed by atoms with van der Waals surface area (Å²) in [6.45, 7) is 12.3. The first-order chi connectivity index (χ1) is 15.2. The first-order valence-electron chi connectivity index (χ1n) is 13.5. The van der Waals surface area contributed by atoms with Crippen molar-refractivity contribution in [3.05, 3.63) is 0 Å². The second kappa shape index (κ2) is 17.3. The zero-order chi connectivity index (χ0) is 23.9. The van der Waals surface area contributed by atoms with Crippen molar-refractivity contribution in [3.8, 4) is 0 Å². The van der Waals surface area contributed by atoms with Gasteiger partial charge in [-0.2, -0.15) is 0 Å². The molecule has 0 aliphatic carbocycles. The summed E-state index contributed by atoms with van der Waals surface area (Å²) in [5, 5.41) is 29.0. The van der Waals surface area contributed by atoms with Crippen LogP contribution in [0.15, 0.2) is 0 Å². The largest absolute Gasteiger partial charge is 0.388 e. The smallest absolute Gasteiger partial charge is 0.186 e. The number of aliphatic hydroxyl groups is 3. The molecule has 1 aliphatic heterocycles. The Labute approximate surface area is 198 Å². The quantitative estimate of drug-likeness (QED) is 0.230. The molecular weight excluding hydrogens is 404 g/mol. The number of unbranched alkanes of at least 4 members (excludes halogenated alkanes) is 1. The number of ether oxygens (including phenoxy) is 2. The van der Waals surface area contributed by atoms with E-state index >= 15 is 0 Å². The summed E-state index contributed by atoms with van der Waals surface area (Å²) in [5.41, 5.74) is 0. The van der Waals surface area contributed by atoms with Crippen molar-refractivity contribution in [1.82, 2.24) is 0 Å². The Kier molecular flexibility index (Phi) is 16.1. The van der Waals surface area contributed by atoms with Gasteiger partial charge in [-0.25, -0.2) is 0 Å². The molecule has 0 aromatic carbocycles. The van der Waals surface area contributed by atoms with Gasteiger partial charge in [0.15, 0.2) is 6.29 Å². The normalized spacial score (nSPS) is 26.9. The Morgan fingerprint density at radius 3 is 1.62 bits per heavy atom. The van der Waals surface area contributed by atoms with Crippen LogP contribution in [0.2, 0.25) is 0 Å². The summed E-state index contributed by atoms with van der Waals surface area (Å²) < 4.78 is 10.8. The molecule has 1 aliphatic rings. The average Bonchev–Trinajstić information content (AvgIpc) is 2.73. The van der Waals surface area contributed by atoms with Gasteiger partial charge in [-0.05, 0) is 30.1 Å². The molecule has 1 saturated heterocycles. The monoisotopic (exact) mass is 458 g/mol. The molecule has 0 saturated carbocycles. The maximum atomic E-state index is 9.87. The molecular formula is C27H54O5. The van der Waals surface area contributed by atoms with Gasteiger partial charge in [0.2, 0.25) is 0 Å². The third kappa shape index (κ3) is 13.5. The topological polar surface area (TPSA) is 79.2 Å². The van der Waals surface area contributed by atoms with Crippen LogP contribution < -0.4 is 0 Å². The van der Waals surface area contributed by atoms with Gasteiger partial charge in [0, 0.05) is 6.61 Å². The van der Waals surface area contributed by atoms with Gasteiger partial charge in [-0.15, -0.1) is 0 Å². The molecule has 5 nitrogen and oxygen atoms in total. The van der Waals surface area contributed by atoms with E-state index in [1.807, 2.05) is 0 Å². The molecule has 192 valence electrons. The molecule has 32 heavy (non-hydrogen) atoms. The zero-order valence-electron chi connectivity index (χ0n) is 21.7. The van der Waals surface area contributed by atoms with E-state index in [1.165, 1.54) is 64.2 Å². The highest BCUT2D eigenvalue weighted by atomic mass is 16.7. The molecule has 0 amide bonds. The van der Waals surface area contributed by atoms with Crippen molar-refractivity contribution >= 4 is 0 Å². The summed E-state index contributed by atoms with van der Waals surface area (Å²) in [5.74, 6) is 3.30. The van der Waals surface area contributed by atoms with Gasteiger partial charge in [0.25, 0.3) is 0 Å². The summed E-state index contributed by atoms with van der Waals surface area (Å²) in [7, 11) is 0. The van der Waals surface area contributed by atoms with Crippen LogP contribution in [-0.4, -0.2) is 53.1 Å². The lowest BCUT2D eigenvalue weighted by molar-refractivity contribution is -0.270. The van der Waals surface area contributed by atoms with Crippen LogP contribution in [0, 0.1) is 23.7 Å². The molecule has 7 atom stereocenters. The highest BCUT2D eigenvalue weighted by Crippen LogP contribution is 2.23. The van der Waals surface area contributed by atoms with E-state index in [-0.39, 0.29) is 6.61 Å². The van der Waals surface area contributed by atoms with Crippen molar-refractivity contribution in [1.29, 1.82) is 0 Å². The summed E-state index contributed by atoms with van der Waals surface area (Å²) in [6, 6.07) is 0. The first kappa shape index (κ1) is 29.8. The maximum Gasteiger partial charge on any atom is 0.186 e. The van der Waals surface area contributed by atoms with E-state index in [9.17, 15) is 15.3 Å². The second-order valence-electron chi connectivity index (χ2n) is 11.1. The molecule has 0 bridgehead atoms. The summed E-state index contributed by atoms with van der Waals surface area (Å²) in [6.07, 6.45) is 11.2. The number of rotatable bonds is 18. The minimum Gasteiger partial charge on any atom is -0.388 e. The van der Waals surface area contributed by atoms with E-state index in [2.05, 4.69) is 34.6 Å². The van der Waals surface area contributed by atoms with Crippen LogP contribution in [-0.2, 0) is 9.47 Å². The van der Waals surface area contributed by atoms with E-state index in [4.69, 9.17) is 9.47 Å². The Balaban J connectivity index is 1.97. The fourth-order valence-corrected chi connectivity index (χ4v) is 4.66. The first-order valence-corrected chi connectivity index (χ1v) is 13.5. The van der Waals surface area contributed by atoms with Crippen molar-refractivity contribution in [3.63, 3.8) is 0 Å². The average molecular weight is 459 g/mol. The molecule has 0 aromatic heterocycles. The molecule has 5 heteroatoms. The number of hydrogen-bond donors (Lipinski definition) is 3. The van der Waals surface area contributed by atoms with Gasteiger partial charge in [0.1, 0.15) is 18.3 Å². The van der Waals surface area contributed by atoms with Gasteiger partial charge >= 0.3 is 0 Å². The van der Waals surface area contributed by atoms with Crippen molar-refractivity contribution < 1.29 is 24.8 Å². The Bertz CT molecular complexity index is 444. The fraction of sp³-hybridized carbons (Fsp3) is 1.00. The van der Waals surface area contributed by atoms with Gasteiger partial charge < -0.3 is 24.8 Å². The zero-order valence-corrected chi connectivity index (χ0v) is 21.7. The molecule has 1 fully saturated rings. The standard InChI is InChI=1S/C27H54O5/c1-20(2)11-8-13-22(4)15-10-17-23(5)16-9-14-21(3)12-6-7-18-31-27-26(30)25(29)24(28)19-32-27/h20-30H,6-19H2,1-5H3/t21?,22?,23?,24-,25+,26-,27+/m1/s1. The maximum absolute atomic E-state index is 9.87. The molecule has 0 aromatic rings. The van der Waals surface area contributed by atoms with E-state index in [0.717, 1.165) is 36.5 Å². The molecule has 0 radical (unpaired) electrons. The molecule has 3 N–H and O–H groups in total. The van der Waals surface area contributed by atoms with Crippen molar-refractivity contribution in [2.24, 2.45) is 23.7 Å². The van der Waals surface area contributed by atoms with Crippen molar-refractivity contribution in [2.45, 2.75) is 136 Å². The lowest BCUT2D eigenvalue weighted by Crippen LogP contribution is -2.53. The second-order valence-corrected chi connectivity index (χ2v) is 11.1. The Morgan fingerprint density at radius 1 is 0.656 bits per heavy atom. The third-order valence-electron chi connectivity index (χ3n) is 7.09. The van der Waals surface area contributed by atoms with E-state index in [1.54, 1.807) is 0 Å². The van der Waals surface area contributed by atoms with E-state index in [0.29, 0.717) is 6.61 Å². The van der Waals surface area contributed by atoms with E-state index < -0.39 is 24.6 Å². The van der Waals surface area contributed by atoms with Crippen LogP contribution in [0.5, 0.6) is 0 Å². The van der Waals surface area contributed by atoms with Crippen LogP contribution in [0.3, 0.4) is 0 Å². The predicted molar refractivity (Wildman–Crippen MR) is 131 cm³/mol. The number of hydrogen-bond acceptors (Lipinski definition) is 5. The third-order valence-corrected chi connectivity index (χ3v) is 7.09. The summed E-state index contributed by atoms with van der Waals surface area (Å²) in [4.78, 5) is 0. The van der Waals surface area contributed by atoms with Gasteiger partial charge in [-0.3, -0.25) is 0 Å². The van der Waals surface area contributed by atoms with Gasteiger partial charge in [-0.1, -0.05) is 105 Å². The lowest BCUT2D eigenvalue weighted by atomic mass is 9.90. The number of aliphatic hydroxyl groups excluding tert-OH is 3. The van der Waals surface area contributed by atoms with Gasteiger partial charge in [0.05, 0.1) is 6.61 Å². The minimum absolute atomic E-state index is 0.00429. The van der Waals surface area contributed by atoms with Crippen molar-refractivity contribution in [2.75, 3.05) is 13.2 Å². The predicted octanol–water partition coefficient (Wildman–Crippen LogP) is 5.69. The van der Waals surface area contributed by atoms with Crippen LogP contribution in [0.1, 0.15) is 112 Å². The minimum atomic E-state index is -1.20. The molecule has 1 rings (SSSR count). The summed E-state index contributed by atoms with van der Waals surface area (Å²) >= 11 is 0. The molecule has 1 heterocycles. The highest BCUT2D eigenvalue weighted by molar-refractivity contribution is 4.82. The Morgan fingerprint density at radius 2 is 1.12 bits per heavy atom. The Hall–Kier alpha value is -0.200. The SMILES string of the molecule is CC(C)CCCC(C)CCCC(C)CCCC(C)CCCCO[C@H]1OC[C@@H](O)[C@H](O)[C@H]1O. The molecule has 3 unspecified atom stereocenters. The van der Waals surface area contributed by atoms with Crippen LogP contribution in [0.25, 0.3) is 0 Å².